The SMILES string of the molecule is CCOC(=O)c1c(NC(=O)C2C(C)(C)C2(C)C)sc2c1CCN(CC1CC1)C2. The lowest BCUT2D eigenvalue weighted by Crippen LogP contribution is -2.32. The van der Waals surface area contributed by atoms with Crippen LogP contribution in [0.2, 0.25) is 0 Å². The highest BCUT2D eigenvalue weighted by Gasteiger charge is 2.68. The molecular formula is C22H32N2O3S. The van der Waals surface area contributed by atoms with Gasteiger partial charge in [0.15, 0.2) is 0 Å². The molecule has 2 saturated carbocycles. The minimum absolute atomic E-state index is 0.0222. The van der Waals surface area contributed by atoms with E-state index in [-0.39, 0.29) is 28.6 Å². The van der Waals surface area contributed by atoms with Crippen molar-refractivity contribution < 1.29 is 14.3 Å². The Bertz CT molecular complexity index is 793. The molecule has 0 aromatic carbocycles. The maximum atomic E-state index is 13.0. The van der Waals surface area contributed by atoms with Crippen molar-refractivity contribution in [3.8, 4) is 0 Å². The number of ether oxygens (including phenoxy) is 1. The number of nitrogens with one attached hydrogen (secondary N) is 1. The van der Waals surface area contributed by atoms with Gasteiger partial charge in [-0.2, -0.15) is 0 Å². The van der Waals surface area contributed by atoms with Gasteiger partial charge >= 0.3 is 5.97 Å². The topological polar surface area (TPSA) is 58.6 Å². The normalized spacial score (nSPS) is 23.2. The van der Waals surface area contributed by atoms with Gasteiger partial charge in [0, 0.05) is 30.4 Å². The molecule has 2 heterocycles. The molecule has 154 valence electrons. The van der Waals surface area contributed by atoms with E-state index in [1.807, 2.05) is 6.92 Å². The average molecular weight is 405 g/mol. The van der Waals surface area contributed by atoms with Crippen LogP contribution in [-0.4, -0.2) is 36.5 Å². The lowest BCUT2D eigenvalue weighted by molar-refractivity contribution is -0.118. The van der Waals surface area contributed by atoms with E-state index in [9.17, 15) is 9.59 Å². The molecule has 1 aliphatic heterocycles. The first-order valence-electron chi connectivity index (χ1n) is 10.5. The van der Waals surface area contributed by atoms with E-state index in [0.29, 0.717) is 17.2 Å². The van der Waals surface area contributed by atoms with Gasteiger partial charge < -0.3 is 10.1 Å². The summed E-state index contributed by atoms with van der Waals surface area (Å²) < 4.78 is 5.34. The summed E-state index contributed by atoms with van der Waals surface area (Å²) in [7, 11) is 0. The van der Waals surface area contributed by atoms with Crippen LogP contribution < -0.4 is 5.32 Å². The highest BCUT2D eigenvalue weighted by atomic mass is 32.1. The fourth-order valence-electron chi connectivity index (χ4n) is 4.82. The summed E-state index contributed by atoms with van der Waals surface area (Å²) in [6, 6.07) is 0. The second-order valence-corrected chi connectivity index (χ2v) is 10.8. The molecule has 0 spiro atoms. The quantitative estimate of drug-likeness (QED) is 0.718. The van der Waals surface area contributed by atoms with Crippen LogP contribution in [0.5, 0.6) is 0 Å². The van der Waals surface area contributed by atoms with Gasteiger partial charge in [-0.15, -0.1) is 11.3 Å². The molecule has 2 fully saturated rings. The fraction of sp³-hybridized carbons (Fsp3) is 0.727. The van der Waals surface area contributed by atoms with Gasteiger partial charge in [0.25, 0.3) is 0 Å². The third kappa shape index (κ3) is 3.28. The Morgan fingerprint density at radius 2 is 1.89 bits per heavy atom. The van der Waals surface area contributed by atoms with Gasteiger partial charge in [-0.3, -0.25) is 9.69 Å². The van der Waals surface area contributed by atoms with Crippen molar-refractivity contribution in [1.29, 1.82) is 0 Å². The van der Waals surface area contributed by atoms with Crippen LogP contribution in [0, 0.1) is 22.7 Å². The van der Waals surface area contributed by atoms with Crippen molar-refractivity contribution in [2.75, 3.05) is 25.0 Å². The number of hydrogen-bond acceptors (Lipinski definition) is 5. The third-order valence-corrected chi connectivity index (χ3v) is 8.48. The van der Waals surface area contributed by atoms with Crippen LogP contribution >= 0.6 is 11.3 Å². The summed E-state index contributed by atoms with van der Waals surface area (Å²) in [6.45, 7) is 13.7. The van der Waals surface area contributed by atoms with Crippen molar-refractivity contribution in [2.24, 2.45) is 22.7 Å². The summed E-state index contributed by atoms with van der Waals surface area (Å²) >= 11 is 1.57. The Labute approximate surface area is 171 Å². The minimum atomic E-state index is -0.305. The molecule has 1 amide bonds. The number of amides is 1. The van der Waals surface area contributed by atoms with Crippen molar-refractivity contribution in [3.05, 3.63) is 16.0 Å². The lowest BCUT2D eigenvalue weighted by atomic mass is 10.0. The molecule has 6 heteroatoms. The zero-order valence-corrected chi connectivity index (χ0v) is 18.5. The van der Waals surface area contributed by atoms with Gasteiger partial charge in [-0.05, 0) is 48.5 Å². The number of nitrogens with zero attached hydrogens (tertiary/aromatic N) is 1. The maximum Gasteiger partial charge on any atom is 0.341 e. The lowest BCUT2D eigenvalue weighted by Gasteiger charge is -2.26. The molecule has 1 N–H and O–H groups in total. The predicted molar refractivity (Wildman–Crippen MR) is 112 cm³/mol. The van der Waals surface area contributed by atoms with Crippen LogP contribution in [0.4, 0.5) is 5.00 Å². The van der Waals surface area contributed by atoms with Gasteiger partial charge in [-0.25, -0.2) is 4.79 Å². The first-order chi connectivity index (χ1) is 13.2. The number of thiophene rings is 1. The second kappa shape index (κ2) is 6.84. The van der Waals surface area contributed by atoms with Crippen molar-refractivity contribution in [1.82, 2.24) is 4.90 Å². The third-order valence-electron chi connectivity index (χ3n) is 7.35. The van der Waals surface area contributed by atoms with Gasteiger partial charge in [-0.1, -0.05) is 27.7 Å². The molecule has 3 aliphatic rings. The number of carbonyl (C=O) groups excluding carboxylic acids is 2. The molecular weight excluding hydrogens is 372 g/mol. The average Bonchev–Trinajstić information content (AvgIpc) is 3.42. The standard InChI is InChI=1S/C22H32N2O3S/c1-6-27-20(26)16-14-9-10-24(11-13-7-8-13)12-15(14)28-19(16)23-18(25)17-21(2,3)22(17,4)5/h13,17H,6-12H2,1-5H3,(H,23,25). The Morgan fingerprint density at radius 1 is 1.21 bits per heavy atom. The predicted octanol–water partition coefficient (Wildman–Crippen LogP) is 4.31. The molecule has 0 radical (unpaired) electrons. The molecule has 5 nitrogen and oxygen atoms in total. The van der Waals surface area contributed by atoms with Crippen LogP contribution in [-0.2, 0) is 22.5 Å². The zero-order valence-electron chi connectivity index (χ0n) is 17.7. The van der Waals surface area contributed by atoms with E-state index >= 15 is 0 Å². The fourth-order valence-corrected chi connectivity index (χ4v) is 6.10. The first kappa shape index (κ1) is 19.9. The molecule has 1 aromatic rings. The van der Waals surface area contributed by atoms with E-state index in [1.54, 1.807) is 11.3 Å². The number of hydrogen-bond donors (Lipinski definition) is 1. The second-order valence-electron chi connectivity index (χ2n) is 9.72. The number of esters is 1. The van der Waals surface area contributed by atoms with E-state index in [1.165, 1.54) is 17.7 Å². The van der Waals surface area contributed by atoms with E-state index < -0.39 is 0 Å². The monoisotopic (exact) mass is 404 g/mol. The molecule has 0 bridgehead atoms. The van der Waals surface area contributed by atoms with Crippen LogP contribution in [0.3, 0.4) is 0 Å². The summed E-state index contributed by atoms with van der Waals surface area (Å²) in [5.41, 5.74) is 1.62. The van der Waals surface area contributed by atoms with E-state index in [4.69, 9.17) is 4.74 Å². The summed E-state index contributed by atoms with van der Waals surface area (Å²) in [6.07, 6.45) is 3.54. The zero-order chi connectivity index (χ0) is 20.3. The highest BCUT2D eigenvalue weighted by molar-refractivity contribution is 7.17. The molecule has 0 unspecified atom stereocenters. The summed E-state index contributed by atoms with van der Waals surface area (Å²) in [5, 5.41) is 3.79. The number of carbonyl (C=O) groups is 2. The van der Waals surface area contributed by atoms with Gasteiger partial charge in [0.05, 0.1) is 12.2 Å². The first-order valence-corrected chi connectivity index (χ1v) is 11.3. The molecule has 0 saturated heterocycles. The number of anilines is 1. The summed E-state index contributed by atoms with van der Waals surface area (Å²) in [4.78, 5) is 29.4. The van der Waals surface area contributed by atoms with Crippen LogP contribution in [0.25, 0.3) is 0 Å². The molecule has 2 aliphatic carbocycles. The van der Waals surface area contributed by atoms with Crippen LogP contribution in [0.1, 0.15) is 68.3 Å². The molecule has 4 rings (SSSR count). The van der Waals surface area contributed by atoms with Crippen LogP contribution in [0.15, 0.2) is 0 Å². The number of rotatable bonds is 6. The smallest absolute Gasteiger partial charge is 0.341 e. The Kier molecular flexibility index (Phi) is 4.86. The number of fused-ring (bicyclic) bond motifs is 1. The summed E-state index contributed by atoms with van der Waals surface area (Å²) in [5.74, 6) is 0.527. The highest BCUT2D eigenvalue weighted by Crippen LogP contribution is 2.68. The molecule has 0 atom stereocenters. The maximum absolute atomic E-state index is 13.0. The van der Waals surface area contributed by atoms with E-state index in [0.717, 1.165) is 37.5 Å². The van der Waals surface area contributed by atoms with Crippen molar-refractivity contribution >= 4 is 28.2 Å². The minimum Gasteiger partial charge on any atom is -0.462 e. The Morgan fingerprint density at radius 3 is 2.46 bits per heavy atom. The van der Waals surface area contributed by atoms with Crippen molar-refractivity contribution in [3.63, 3.8) is 0 Å². The molecule has 1 aromatic heterocycles. The largest absolute Gasteiger partial charge is 0.462 e. The van der Waals surface area contributed by atoms with Gasteiger partial charge in [0.2, 0.25) is 5.91 Å². The van der Waals surface area contributed by atoms with Crippen molar-refractivity contribution in [2.45, 2.75) is 60.4 Å². The van der Waals surface area contributed by atoms with E-state index in [2.05, 4.69) is 37.9 Å². The van der Waals surface area contributed by atoms with Gasteiger partial charge in [0.1, 0.15) is 5.00 Å². The Balaban J connectivity index is 1.58. The molecule has 28 heavy (non-hydrogen) atoms. The Hall–Kier alpha value is -1.40.